The number of aryl methyl sites for hydroxylation is 1. The van der Waals surface area contributed by atoms with Gasteiger partial charge < -0.3 is 4.90 Å². The minimum Gasteiger partial charge on any atom is -0.337 e. The molecule has 0 atom stereocenters. The number of rotatable bonds is 4. The van der Waals surface area contributed by atoms with E-state index in [0.717, 1.165) is 23.3 Å². The van der Waals surface area contributed by atoms with Gasteiger partial charge in [0.15, 0.2) is 11.6 Å². The summed E-state index contributed by atoms with van der Waals surface area (Å²) in [4.78, 5) is 13.6. The van der Waals surface area contributed by atoms with Gasteiger partial charge in [-0.25, -0.2) is 17.2 Å². The van der Waals surface area contributed by atoms with Crippen molar-refractivity contribution in [2.45, 2.75) is 11.8 Å². The maximum atomic E-state index is 13.4. The summed E-state index contributed by atoms with van der Waals surface area (Å²) in [6, 6.07) is 10.2. The number of carbonyl (C=O) groups is 1. The molecule has 1 amide bonds. The summed E-state index contributed by atoms with van der Waals surface area (Å²) in [6.45, 7) is 2.59. The largest absolute Gasteiger partial charge is 0.337 e. The number of sulfonamides is 1. The summed E-state index contributed by atoms with van der Waals surface area (Å²) < 4.78 is 52.8. The Morgan fingerprint density at radius 1 is 1.00 bits per heavy atom. The van der Waals surface area contributed by atoms with E-state index < -0.39 is 21.7 Å². The summed E-state index contributed by atoms with van der Waals surface area (Å²) >= 11 is 0. The molecule has 0 saturated carbocycles. The summed E-state index contributed by atoms with van der Waals surface area (Å²) in [5.74, 6) is -2.52. The fourth-order valence-electron chi connectivity index (χ4n) is 2.98. The molecule has 2 aromatic carbocycles. The topological polar surface area (TPSA) is 57.7 Å². The van der Waals surface area contributed by atoms with Crippen molar-refractivity contribution in [3.63, 3.8) is 0 Å². The molecular formula is C20H20F2N2O3S. The molecular weight excluding hydrogens is 386 g/mol. The lowest BCUT2D eigenvalue weighted by molar-refractivity contribution is -0.127. The monoisotopic (exact) mass is 406 g/mol. The molecule has 0 bridgehead atoms. The lowest BCUT2D eigenvalue weighted by Gasteiger charge is -2.33. The molecule has 1 fully saturated rings. The average Bonchev–Trinajstić information content (AvgIpc) is 2.68. The summed E-state index contributed by atoms with van der Waals surface area (Å²) in [6.07, 6.45) is 3.19. The van der Waals surface area contributed by atoms with Crippen LogP contribution in [0.4, 0.5) is 8.78 Å². The summed E-state index contributed by atoms with van der Waals surface area (Å²) in [5.41, 5.74) is 2.00. The van der Waals surface area contributed by atoms with Gasteiger partial charge in [-0.3, -0.25) is 4.79 Å². The maximum absolute atomic E-state index is 13.4. The van der Waals surface area contributed by atoms with Gasteiger partial charge in [0.2, 0.25) is 15.9 Å². The molecule has 0 spiro atoms. The van der Waals surface area contributed by atoms with Crippen LogP contribution in [0.25, 0.3) is 6.08 Å². The van der Waals surface area contributed by atoms with Crippen LogP contribution in [0.2, 0.25) is 0 Å². The van der Waals surface area contributed by atoms with E-state index in [-0.39, 0.29) is 37.0 Å². The van der Waals surface area contributed by atoms with Crippen LogP contribution >= 0.6 is 0 Å². The van der Waals surface area contributed by atoms with E-state index >= 15 is 0 Å². The Morgan fingerprint density at radius 2 is 1.71 bits per heavy atom. The zero-order chi connectivity index (χ0) is 20.3. The Labute approximate surface area is 162 Å². The zero-order valence-corrected chi connectivity index (χ0v) is 16.1. The number of benzene rings is 2. The van der Waals surface area contributed by atoms with Crippen molar-refractivity contribution < 1.29 is 22.0 Å². The van der Waals surface area contributed by atoms with Gasteiger partial charge >= 0.3 is 0 Å². The Morgan fingerprint density at radius 3 is 2.36 bits per heavy atom. The van der Waals surface area contributed by atoms with Crippen LogP contribution < -0.4 is 0 Å². The number of amides is 1. The first-order chi connectivity index (χ1) is 13.3. The average molecular weight is 406 g/mol. The van der Waals surface area contributed by atoms with Gasteiger partial charge in [-0.15, -0.1) is 0 Å². The van der Waals surface area contributed by atoms with Crippen LogP contribution in [0.3, 0.4) is 0 Å². The fourth-order valence-corrected chi connectivity index (χ4v) is 4.42. The number of carbonyl (C=O) groups excluding carboxylic acids is 1. The molecule has 1 aliphatic rings. The second-order valence-electron chi connectivity index (χ2n) is 6.55. The number of halogens is 2. The lowest BCUT2D eigenvalue weighted by Crippen LogP contribution is -2.50. The quantitative estimate of drug-likeness (QED) is 0.734. The van der Waals surface area contributed by atoms with Gasteiger partial charge in [0, 0.05) is 32.3 Å². The first-order valence-corrected chi connectivity index (χ1v) is 10.2. The molecule has 1 aliphatic heterocycles. The SMILES string of the molecule is Cc1cccc(/C=C/C(=O)N2CCN(S(=O)(=O)c3ccc(F)c(F)c3)CC2)c1. The molecule has 3 rings (SSSR count). The highest BCUT2D eigenvalue weighted by Crippen LogP contribution is 2.20. The van der Waals surface area contributed by atoms with Gasteiger partial charge in [0.25, 0.3) is 0 Å². The molecule has 0 unspecified atom stereocenters. The Bertz CT molecular complexity index is 1010. The Hall–Kier alpha value is -2.58. The molecule has 5 nitrogen and oxygen atoms in total. The van der Waals surface area contributed by atoms with Crippen LogP contribution in [0.5, 0.6) is 0 Å². The van der Waals surface area contributed by atoms with Gasteiger partial charge in [0.05, 0.1) is 4.90 Å². The number of nitrogens with zero attached hydrogens (tertiary/aromatic N) is 2. The second-order valence-corrected chi connectivity index (χ2v) is 8.49. The fraction of sp³-hybridized carbons (Fsp3) is 0.250. The smallest absolute Gasteiger partial charge is 0.246 e. The lowest BCUT2D eigenvalue weighted by atomic mass is 10.1. The Balaban J connectivity index is 1.63. The third kappa shape index (κ3) is 4.45. The van der Waals surface area contributed by atoms with Crippen LogP contribution in [0, 0.1) is 18.6 Å². The Kier molecular flexibility index (Phi) is 5.90. The highest BCUT2D eigenvalue weighted by Gasteiger charge is 2.30. The predicted molar refractivity (Wildman–Crippen MR) is 102 cm³/mol. The van der Waals surface area contributed by atoms with Crippen LogP contribution in [0.1, 0.15) is 11.1 Å². The minimum atomic E-state index is -3.94. The first-order valence-electron chi connectivity index (χ1n) is 8.76. The first kappa shape index (κ1) is 20.2. The van der Waals surface area contributed by atoms with E-state index in [1.165, 1.54) is 10.4 Å². The van der Waals surface area contributed by atoms with Crippen molar-refractivity contribution in [3.8, 4) is 0 Å². The molecule has 2 aromatic rings. The minimum absolute atomic E-state index is 0.0886. The van der Waals surface area contributed by atoms with Gasteiger partial charge in [-0.2, -0.15) is 4.31 Å². The van der Waals surface area contributed by atoms with Crippen molar-refractivity contribution in [2.24, 2.45) is 0 Å². The van der Waals surface area contributed by atoms with Crippen molar-refractivity contribution in [2.75, 3.05) is 26.2 Å². The third-order valence-electron chi connectivity index (χ3n) is 4.54. The maximum Gasteiger partial charge on any atom is 0.246 e. The van der Waals surface area contributed by atoms with Crippen LogP contribution in [0.15, 0.2) is 53.4 Å². The van der Waals surface area contributed by atoms with Crippen LogP contribution in [-0.4, -0.2) is 49.7 Å². The zero-order valence-electron chi connectivity index (χ0n) is 15.3. The van der Waals surface area contributed by atoms with Crippen LogP contribution in [-0.2, 0) is 14.8 Å². The molecule has 0 aromatic heterocycles. The van der Waals surface area contributed by atoms with Gasteiger partial charge in [-0.05, 0) is 36.8 Å². The number of piperazine rings is 1. The van der Waals surface area contributed by atoms with E-state index in [9.17, 15) is 22.0 Å². The number of hydrogen-bond acceptors (Lipinski definition) is 3. The molecule has 1 heterocycles. The molecule has 28 heavy (non-hydrogen) atoms. The number of hydrogen-bond donors (Lipinski definition) is 0. The highest BCUT2D eigenvalue weighted by molar-refractivity contribution is 7.89. The molecule has 0 aliphatic carbocycles. The van der Waals surface area contributed by atoms with Crippen molar-refractivity contribution in [3.05, 3.63) is 71.3 Å². The van der Waals surface area contributed by atoms with Crippen molar-refractivity contribution in [1.82, 2.24) is 9.21 Å². The van der Waals surface area contributed by atoms with E-state index in [1.807, 2.05) is 31.2 Å². The van der Waals surface area contributed by atoms with Gasteiger partial charge in [-0.1, -0.05) is 29.8 Å². The molecule has 1 saturated heterocycles. The van der Waals surface area contributed by atoms with E-state index in [1.54, 1.807) is 11.0 Å². The molecule has 8 heteroatoms. The van der Waals surface area contributed by atoms with E-state index in [2.05, 4.69) is 0 Å². The summed E-state index contributed by atoms with van der Waals surface area (Å²) in [5, 5.41) is 0. The van der Waals surface area contributed by atoms with E-state index in [0.29, 0.717) is 6.07 Å². The van der Waals surface area contributed by atoms with Crippen molar-refractivity contribution >= 4 is 22.0 Å². The predicted octanol–water partition coefficient (Wildman–Crippen LogP) is 2.82. The second kappa shape index (κ2) is 8.20. The third-order valence-corrected chi connectivity index (χ3v) is 6.43. The molecule has 0 radical (unpaired) electrons. The normalized spacial score (nSPS) is 15.9. The molecule has 148 valence electrons. The highest BCUT2D eigenvalue weighted by atomic mass is 32.2. The molecule has 0 N–H and O–H groups in total. The van der Waals surface area contributed by atoms with Crippen molar-refractivity contribution in [1.29, 1.82) is 0 Å². The van der Waals surface area contributed by atoms with E-state index in [4.69, 9.17) is 0 Å². The standard InChI is InChI=1S/C20H20F2N2O3S/c1-15-3-2-4-16(13-15)5-8-20(25)23-9-11-24(12-10-23)28(26,27)17-6-7-18(21)19(22)14-17/h2-8,13-14H,9-12H2,1H3/b8-5+. The van der Waals surface area contributed by atoms with Gasteiger partial charge in [0.1, 0.15) is 0 Å². The summed E-state index contributed by atoms with van der Waals surface area (Å²) in [7, 11) is -3.94.